The summed E-state index contributed by atoms with van der Waals surface area (Å²) in [6, 6.07) is 0.594. The van der Waals surface area contributed by atoms with E-state index in [1.54, 1.807) is 0 Å². The summed E-state index contributed by atoms with van der Waals surface area (Å²) < 4.78 is 0. The molecule has 1 unspecified atom stereocenters. The van der Waals surface area contributed by atoms with Crippen molar-refractivity contribution in [1.82, 2.24) is 9.80 Å². The molecule has 0 bridgehead atoms. The molecule has 1 atom stereocenters. The predicted octanol–water partition coefficient (Wildman–Crippen LogP) is 2.14. The Labute approximate surface area is 105 Å². The van der Waals surface area contributed by atoms with Gasteiger partial charge in [0.2, 0.25) is 5.91 Å². The quantitative estimate of drug-likeness (QED) is 0.703. The van der Waals surface area contributed by atoms with Gasteiger partial charge in [-0.1, -0.05) is 27.4 Å². The van der Waals surface area contributed by atoms with Crippen LogP contribution in [0.5, 0.6) is 0 Å². The highest BCUT2D eigenvalue weighted by molar-refractivity contribution is 5.87. The average Bonchev–Trinajstić information content (AvgIpc) is 2.26. The maximum Gasteiger partial charge on any atom is 0.246 e. The molecule has 3 heteroatoms. The van der Waals surface area contributed by atoms with E-state index in [1.807, 2.05) is 4.90 Å². The molecule has 0 N–H and O–H groups in total. The number of hydrogen-bond donors (Lipinski definition) is 0. The van der Waals surface area contributed by atoms with Crippen LogP contribution in [0, 0.1) is 5.41 Å². The molecule has 0 aromatic carbocycles. The fraction of sp³-hybridized carbons (Fsp3) is 0.786. The second-order valence-electron chi connectivity index (χ2n) is 6.18. The normalized spacial score (nSPS) is 20.1. The molecule has 1 rings (SSSR count). The summed E-state index contributed by atoms with van der Waals surface area (Å²) in [6.07, 6.45) is 2.61. The van der Waals surface area contributed by atoms with Crippen molar-refractivity contribution in [2.75, 3.05) is 26.2 Å². The highest BCUT2D eigenvalue weighted by atomic mass is 16.2. The van der Waals surface area contributed by atoms with Crippen LogP contribution in [0.25, 0.3) is 0 Å². The minimum absolute atomic E-state index is 0.0631. The molecule has 0 radical (unpaired) electrons. The number of piperazine rings is 1. The lowest BCUT2D eigenvalue weighted by atomic mass is 9.88. The molecule has 98 valence electrons. The van der Waals surface area contributed by atoms with Gasteiger partial charge >= 0.3 is 0 Å². The average molecular weight is 238 g/mol. The zero-order chi connectivity index (χ0) is 13.1. The molecule has 1 aliphatic rings. The van der Waals surface area contributed by atoms with Crippen molar-refractivity contribution in [2.24, 2.45) is 5.41 Å². The summed E-state index contributed by atoms with van der Waals surface area (Å²) in [6.45, 7) is 16.3. The van der Waals surface area contributed by atoms with Crippen LogP contribution in [0.1, 0.15) is 34.1 Å². The summed E-state index contributed by atoms with van der Waals surface area (Å²) in [4.78, 5) is 15.8. The van der Waals surface area contributed by atoms with Crippen LogP contribution in [0.2, 0.25) is 0 Å². The number of nitrogens with zero attached hydrogens (tertiary/aromatic N) is 2. The van der Waals surface area contributed by atoms with Crippen molar-refractivity contribution in [3.8, 4) is 0 Å². The SMILES string of the molecule is C=CC(=O)N1CCN(C(C)CC(C)(C)C)CC1. The van der Waals surface area contributed by atoms with Crippen LogP contribution in [0.3, 0.4) is 0 Å². The van der Waals surface area contributed by atoms with Gasteiger partial charge in [0.25, 0.3) is 0 Å². The lowest BCUT2D eigenvalue weighted by Gasteiger charge is -2.39. The third-order valence-electron chi connectivity index (χ3n) is 3.33. The summed E-state index contributed by atoms with van der Waals surface area (Å²) in [5.74, 6) is 0.0631. The Hall–Kier alpha value is -0.830. The number of amides is 1. The van der Waals surface area contributed by atoms with Gasteiger partial charge in [-0.05, 0) is 24.8 Å². The van der Waals surface area contributed by atoms with E-state index in [1.165, 1.54) is 12.5 Å². The van der Waals surface area contributed by atoms with Crippen molar-refractivity contribution < 1.29 is 4.79 Å². The first-order chi connectivity index (χ1) is 7.83. The van der Waals surface area contributed by atoms with Gasteiger partial charge in [-0.2, -0.15) is 0 Å². The molecule has 0 aliphatic carbocycles. The lowest BCUT2D eigenvalue weighted by Crippen LogP contribution is -2.51. The molecule has 3 nitrogen and oxygen atoms in total. The molecule has 0 aromatic rings. The third-order valence-corrected chi connectivity index (χ3v) is 3.33. The minimum atomic E-state index is 0.0631. The number of rotatable bonds is 3. The summed E-state index contributed by atoms with van der Waals surface area (Å²) in [5.41, 5.74) is 0.369. The molecule has 1 aliphatic heterocycles. The molecule has 0 aromatic heterocycles. The summed E-state index contributed by atoms with van der Waals surface area (Å²) in [5, 5.41) is 0. The monoisotopic (exact) mass is 238 g/mol. The van der Waals surface area contributed by atoms with Gasteiger partial charge in [-0.15, -0.1) is 0 Å². The van der Waals surface area contributed by atoms with Crippen molar-refractivity contribution in [1.29, 1.82) is 0 Å². The molecule has 0 saturated carbocycles. The van der Waals surface area contributed by atoms with Crippen molar-refractivity contribution in [3.63, 3.8) is 0 Å². The molecule has 1 heterocycles. The van der Waals surface area contributed by atoms with E-state index in [2.05, 4.69) is 39.2 Å². The van der Waals surface area contributed by atoms with E-state index in [-0.39, 0.29) is 5.91 Å². The minimum Gasteiger partial charge on any atom is -0.337 e. The Kier molecular flexibility index (Phi) is 4.75. The zero-order valence-corrected chi connectivity index (χ0v) is 11.7. The van der Waals surface area contributed by atoms with Crippen molar-refractivity contribution in [2.45, 2.75) is 40.2 Å². The maximum absolute atomic E-state index is 11.5. The van der Waals surface area contributed by atoms with E-state index >= 15 is 0 Å². The third kappa shape index (κ3) is 4.50. The molecule has 17 heavy (non-hydrogen) atoms. The smallest absolute Gasteiger partial charge is 0.246 e. The van der Waals surface area contributed by atoms with E-state index in [4.69, 9.17) is 0 Å². The largest absolute Gasteiger partial charge is 0.337 e. The Morgan fingerprint density at radius 3 is 2.24 bits per heavy atom. The summed E-state index contributed by atoms with van der Waals surface area (Å²) in [7, 11) is 0. The van der Waals surface area contributed by atoms with Crippen LogP contribution in [0.4, 0.5) is 0 Å². The Balaban J connectivity index is 2.41. The van der Waals surface area contributed by atoms with Crippen LogP contribution < -0.4 is 0 Å². The van der Waals surface area contributed by atoms with Crippen molar-refractivity contribution >= 4 is 5.91 Å². The number of carbonyl (C=O) groups excluding carboxylic acids is 1. The van der Waals surface area contributed by atoms with E-state index < -0.39 is 0 Å². The second-order valence-corrected chi connectivity index (χ2v) is 6.18. The van der Waals surface area contributed by atoms with Gasteiger partial charge in [0.15, 0.2) is 0 Å². The van der Waals surface area contributed by atoms with Gasteiger partial charge in [0.1, 0.15) is 0 Å². The van der Waals surface area contributed by atoms with E-state index in [9.17, 15) is 4.79 Å². The zero-order valence-electron chi connectivity index (χ0n) is 11.7. The first-order valence-corrected chi connectivity index (χ1v) is 6.49. The Morgan fingerprint density at radius 2 is 1.82 bits per heavy atom. The molecule has 0 spiro atoms. The highest BCUT2D eigenvalue weighted by Crippen LogP contribution is 2.23. The van der Waals surface area contributed by atoms with Crippen LogP contribution in [0.15, 0.2) is 12.7 Å². The number of carbonyl (C=O) groups is 1. The van der Waals surface area contributed by atoms with Gasteiger partial charge < -0.3 is 4.90 Å². The maximum atomic E-state index is 11.5. The van der Waals surface area contributed by atoms with Crippen LogP contribution in [-0.4, -0.2) is 47.9 Å². The number of hydrogen-bond acceptors (Lipinski definition) is 2. The fourth-order valence-corrected chi connectivity index (χ4v) is 2.53. The summed E-state index contributed by atoms with van der Waals surface area (Å²) >= 11 is 0. The van der Waals surface area contributed by atoms with Gasteiger partial charge in [0, 0.05) is 32.2 Å². The van der Waals surface area contributed by atoms with Gasteiger partial charge in [0.05, 0.1) is 0 Å². The molecule has 1 fully saturated rings. The predicted molar refractivity (Wildman–Crippen MR) is 71.9 cm³/mol. The highest BCUT2D eigenvalue weighted by Gasteiger charge is 2.25. The van der Waals surface area contributed by atoms with E-state index in [0.29, 0.717) is 11.5 Å². The Morgan fingerprint density at radius 1 is 1.29 bits per heavy atom. The van der Waals surface area contributed by atoms with E-state index in [0.717, 1.165) is 26.2 Å². The fourth-order valence-electron chi connectivity index (χ4n) is 2.53. The lowest BCUT2D eigenvalue weighted by molar-refractivity contribution is -0.128. The molecular weight excluding hydrogens is 212 g/mol. The van der Waals surface area contributed by atoms with Crippen LogP contribution >= 0.6 is 0 Å². The standard InChI is InChI=1S/C14H26N2O/c1-6-13(17)16-9-7-15(8-10-16)12(2)11-14(3,4)5/h6,12H,1,7-11H2,2-5H3. The molecule has 1 amide bonds. The second kappa shape index (κ2) is 5.67. The first kappa shape index (κ1) is 14.2. The molecular formula is C14H26N2O. The topological polar surface area (TPSA) is 23.6 Å². The Bertz CT molecular complexity index is 272. The van der Waals surface area contributed by atoms with Crippen molar-refractivity contribution in [3.05, 3.63) is 12.7 Å². The van der Waals surface area contributed by atoms with Gasteiger partial charge in [-0.25, -0.2) is 0 Å². The molecule has 1 saturated heterocycles. The van der Waals surface area contributed by atoms with Gasteiger partial charge in [-0.3, -0.25) is 9.69 Å². The first-order valence-electron chi connectivity index (χ1n) is 6.49. The van der Waals surface area contributed by atoms with Crippen LogP contribution in [-0.2, 0) is 4.79 Å².